The second-order valence-electron chi connectivity index (χ2n) is 24.5. The number of aliphatic imine (C=N–C) groups is 2. The molecule has 0 atom stereocenters. The molecule has 14 nitrogen and oxygen atoms in total. The van der Waals surface area contributed by atoms with E-state index in [0.717, 1.165) is 88.7 Å². The maximum atomic E-state index is 5.17. The molecule has 14 aromatic heterocycles. The Labute approximate surface area is 573 Å². The van der Waals surface area contributed by atoms with Crippen molar-refractivity contribution in [2.75, 3.05) is 0 Å². The van der Waals surface area contributed by atoms with Crippen molar-refractivity contribution in [1.82, 2.24) is 19.9 Å². The number of fused-ring (bicyclic) bond motifs is 12. The van der Waals surface area contributed by atoms with Crippen molar-refractivity contribution in [2.24, 2.45) is 9.98 Å². The molecule has 0 bridgehead atoms. The highest BCUT2D eigenvalue weighted by Gasteiger charge is 2.40. The van der Waals surface area contributed by atoms with Gasteiger partial charge in [-0.05, 0) is 107 Å². The van der Waals surface area contributed by atoms with Gasteiger partial charge in [-0.3, -0.25) is 9.98 Å². The molecule has 96 heavy (non-hydrogen) atoms. The van der Waals surface area contributed by atoms with Gasteiger partial charge >= 0.3 is 26.7 Å². The third kappa shape index (κ3) is 8.14. The Morgan fingerprint density at radius 3 is 1.06 bits per heavy atom. The number of halogens is 2. The number of nitrogens with zero attached hydrogens (tertiary/aromatic N) is 12. The molecule has 0 saturated carbocycles. The van der Waals surface area contributed by atoms with E-state index >= 15 is 0 Å². The maximum Gasteiger partial charge on any atom is 0.345 e. The summed E-state index contributed by atoms with van der Waals surface area (Å²) in [4.78, 5) is 35.3. The molecule has 24 rings (SSSR count). The summed E-state index contributed by atoms with van der Waals surface area (Å²) in [7, 11) is 8.22. The van der Waals surface area contributed by atoms with Crippen molar-refractivity contribution in [3.63, 3.8) is 0 Å². The van der Waals surface area contributed by atoms with Crippen molar-refractivity contribution in [3.8, 4) is 31.2 Å². The molecule has 460 valence electrons. The molecule has 2 N–H and O–H groups in total. The van der Waals surface area contributed by atoms with E-state index in [1.54, 1.807) is 34.0 Å². The van der Waals surface area contributed by atoms with Crippen molar-refractivity contribution >= 4 is 199 Å². The van der Waals surface area contributed by atoms with Crippen molar-refractivity contribution in [3.05, 3.63) is 227 Å². The first-order valence-electron chi connectivity index (χ1n) is 31.1. The van der Waals surface area contributed by atoms with Gasteiger partial charge < -0.3 is 9.97 Å². The second kappa shape index (κ2) is 21.7. The minimum absolute atomic E-state index is 0. The molecule has 20 heterocycles. The highest BCUT2D eigenvalue weighted by Crippen LogP contribution is 2.45. The molecule has 0 radical (unpaired) electrons. The van der Waals surface area contributed by atoms with Crippen LogP contribution in [-0.4, -0.2) is 31.4 Å². The van der Waals surface area contributed by atoms with Gasteiger partial charge in [0, 0.05) is 103 Å². The van der Waals surface area contributed by atoms with E-state index in [1.807, 2.05) is 11.3 Å². The number of hydrogen-bond acceptors (Lipinski definition) is 8. The van der Waals surface area contributed by atoms with Gasteiger partial charge in [-0.2, -0.15) is 0 Å². The molecule has 0 fully saturated rings. The Balaban J connectivity index is 0.000000104. The number of rotatable bonds is 5. The topological polar surface area (TPSA) is 113 Å². The zero-order valence-corrected chi connectivity index (χ0v) is 54.4. The number of aromatic amines is 2. The van der Waals surface area contributed by atoms with E-state index in [4.69, 9.17) is 20.0 Å². The van der Waals surface area contributed by atoms with Gasteiger partial charge in [0.05, 0.1) is 86.7 Å². The molecule has 6 aliphatic heterocycles. The van der Waals surface area contributed by atoms with Crippen LogP contribution < -0.4 is 36.5 Å². The minimum Gasteiger partial charge on any atom is -0.337 e. The Morgan fingerprint density at radius 1 is 0.323 bits per heavy atom. The van der Waals surface area contributed by atoms with Crippen LogP contribution in [-0.2, 0) is 39.5 Å². The van der Waals surface area contributed by atoms with Gasteiger partial charge in [-0.15, -0.1) is 81.9 Å². The average molecular weight is 1360 g/mol. The number of aromatic nitrogens is 12. The fourth-order valence-corrected chi connectivity index (χ4v) is 19.2. The maximum absolute atomic E-state index is 5.17. The molecular weight excluding hydrogens is 1310 g/mol. The van der Waals surface area contributed by atoms with E-state index in [2.05, 4.69) is 274 Å². The molecule has 0 saturated heterocycles. The Kier molecular flexibility index (Phi) is 12.9. The first-order valence-corrected chi connectivity index (χ1v) is 35.6. The summed E-state index contributed by atoms with van der Waals surface area (Å²) in [6, 6.07) is 52.2. The Bertz CT molecular complexity index is 6140. The molecule has 18 aromatic rings. The number of pyridine rings is 8. The van der Waals surface area contributed by atoms with Crippen molar-refractivity contribution in [1.29, 1.82) is 0 Å². The Morgan fingerprint density at radius 2 is 0.646 bits per heavy atom. The van der Waals surface area contributed by atoms with E-state index in [1.165, 1.54) is 135 Å². The first-order chi connectivity index (χ1) is 46.6. The van der Waals surface area contributed by atoms with Crippen LogP contribution in [0, 0.1) is 0 Å². The van der Waals surface area contributed by atoms with Gasteiger partial charge in [0.1, 0.15) is 22.7 Å². The van der Waals surface area contributed by atoms with Crippen LogP contribution >= 0.6 is 67.1 Å². The lowest BCUT2D eigenvalue weighted by Gasteiger charge is -2.01. The highest BCUT2D eigenvalue weighted by atomic mass is 36.5. The molecule has 0 amide bonds. The van der Waals surface area contributed by atoms with Gasteiger partial charge in [0.2, 0.25) is 0 Å². The fourth-order valence-electron chi connectivity index (χ4n) is 15.8. The summed E-state index contributed by atoms with van der Waals surface area (Å²) in [6.07, 6.45) is 19.2. The lowest BCUT2D eigenvalue weighted by Crippen LogP contribution is -2.45. The third-order valence-corrected chi connectivity index (χ3v) is 23.8. The SMILES string of the molecule is C.C.ClCl.c1cc2c3nc(-c4ccc(-c5nc6c7ccc[n+]8c7c7c(ccc[n+]7C8)c6[nH]5)s4)[nH]c3c3ccc[n+]4c3c2[n+](c1)C4.c1csc(-c2ccc(C3=Nc4c(c5ccc[n+]6c5c5c4ccc[n+]5C6)C3)s2)c1.c1csc(C2=Nc3c(c4ccc[n+]5c4c4c3ccc[n+]4C5)C2)c1. The standard InChI is InChI=1S/C32H18N8S.C23H15N3S2.C19H13N3S.2CH4.Cl2/c1-5-17-23-24(18-6-2-12-38-15-37(11-1)27(17)28(18)38)34-31(33-23)21-9-10-22(41-21)32-35-25-19-7-3-13-39-16-40-14-4-8-20(26(25)36-32)30(40)29(19)39;1-4-14-16-12-17(18-7-8-20(28-18)19-6-3-11-27-19)24-21(16)15-5-2-10-26-13-25(9-1)22(14)23(15)26;1-4-12-14-10-15(16-6-3-9-23-16)20-17(14)13-5-2-8-22-11-21(7-1)18(12)19(13)22;;;1-2/h1-14H,15-16H2;1-11H,12-13H2;1-9H,10-11H2;2*1H4;/q3*+2;;;/p+2. The summed E-state index contributed by atoms with van der Waals surface area (Å²) in [5.41, 5.74) is 22.0. The lowest BCUT2D eigenvalue weighted by atomic mass is 9.99. The summed E-state index contributed by atoms with van der Waals surface area (Å²) < 4.78 is 18.6. The van der Waals surface area contributed by atoms with Crippen LogP contribution in [0.2, 0.25) is 0 Å². The molecule has 6 aliphatic rings. The molecule has 0 unspecified atom stereocenters. The van der Waals surface area contributed by atoms with Crippen LogP contribution in [0.3, 0.4) is 0 Å². The number of H-pyrrole nitrogens is 2. The Hall–Kier alpha value is -10.2. The fraction of sp³-hybridized carbons (Fsp3) is 0.105. The lowest BCUT2D eigenvalue weighted by molar-refractivity contribution is -0.872. The van der Waals surface area contributed by atoms with E-state index in [0.29, 0.717) is 0 Å². The number of imidazole rings is 2. The molecule has 0 spiro atoms. The summed E-state index contributed by atoms with van der Waals surface area (Å²) in [5, 5.41) is 14.3. The summed E-state index contributed by atoms with van der Waals surface area (Å²) in [6.45, 7) is 3.45. The summed E-state index contributed by atoms with van der Waals surface area (Å²) in [5.74, 6) is 1.78. The van der Waals surface area contributed by atoms with Crippen LogP contribution in [0.4, 0.5) is 11.4 Å². The highest BCUT2D eigenvalue weighted by molar-refractivity contribution is 7.22. The van der Waals surface area contributed by atoms with Gasteiger partial charge in [0.25, 0.3) is 44.1 Å². The van der Waals surface area contributed by atoms with Crippen molar-refractivity contribution < 1.29 is 36.5 Å². The van der Waals surface area contributed by atoms with Crippen molar-refractivity contribution in [2.45, 2.75) is 54.4 Å². The zero-order chi connectivity index (χ0) is 61.6. The van der Waals surface area contributed by atoms with E-state index < -0.39 is 0 Å². The van der Waals surface area contributed by atoms with Crippen LogP contribution in [0.25, 0.3) is 140 Å². The zero-order valence-electron chi connectivity index (χ0n) is 49.6. The van der Waals surface area contributed by atoms with E-state index in [-0.39, 0.29) is 14.9 Å². The predicted molar refractivity (Wildman–Crippen MR) is 387 cm³/mol. The molecule has 0 aliphatic carbocycles. The minimum atomic E-state index is 0. The first kappa shape index (κ1) is 57.3. The number of nitrogens with one attached hydrogen (secondary N) is 2. The molecule has 20 heteroatoms. The number of hydrogen-bond donors (Lipinski definition) is 2. The second-order valence-corrected chi connectivity index (χ2v) is 28.6. The number of thiophene rings is 4. The normalized spacial score (nSPS) is 13.6. The monoisotopic (exact) mass is 1360 g/mol. The van der Waals surface area contributed by atoms with Gasteiger partial charge in [-0.1, -0.05) is 27.0 Å². The van der Waals surface area contributed by atoms with Crippen LogP contribution in [0.1, 0.15) is 35.7 Å². The third-order valence-electron chi connectivity index (χ3n) is 19.6. The summed E-state index contributed by atoms with van der Waals surface area (Å²) >= 11 is 7.14. The van der Waals surface area contributed by atoms with Gasteiger partial charge in [-0.25, -0.2) is 9.97 Å². The van der Waals surface area contributed by atoms with E-state index in [9.17, 15) is 0 Å². The van der Waals surface area contributed by atoms with Crippen LogP contribution in [0.15, 0.2) is 216 Å². The quantitative estimate of drug-likeness (QED) is 0.132. The molecule has 4 aromatic carbocycles. The smallest absolute Gasteiger partial charge is 0.337 e. The predicted octanol–water partition coefficient (Wildman–Crippen LogP) is 14.9. The number of benzene rings is 4. The average Bonchev–Trinajstić information content (AvgIpc) is 1.49. The largest absolute Gasteiger partial charge is 0.345 e. The van der Waals surface area contributed by atoms with Gasteiger partial charge in [0.15, 0.2) is 49.6 Å². The van der Waals surface area contributed by atoms with Crippen LogP contribution in [0.5, 0.6) is 0 Å². The molecular formula is C76H56Cl2N14S4+8.